The Morgan fingerprint density at radius 1 is 0.714 bits per heavy atom. The highest BCUT2D eigenvalue weighted by atomic mass is 16.3. The zero-order valence-electron chi connectivity index (χ0n) is 16.8. The molecule has 0 fully saturated rings. The van der Waals surface area contributed by atoms with E-state index in [9.17, 15) is 10.2 Å². The number of phenols is 2. The molecular formula is C25H31NO2. The number of nitrogens with two attached hydrogens (primary N) is 1. The number of para-hydroxylation sites is 1. The van der Waals surface area contributed by atoms with Crippen molar-refractivity contribution in [1.29, 1.82) is 0 Å². The second kappa shape index (κ2) is 10.4. The summed E-state index contributed by atoms with van der Waals surface area (Å²) in [6.07, 6.45) is 4.62. The van der Waals surface area contributed by atoms with E-state index in [-0.39, 0.29) is 5.41 Å². The predicted molar refractivity (Wildman–Crippen MR) is 118 cm³/mol. The first-order valence-corrected chi connectivity index (χ1v) is 9.85. The summed E-state index contributed by atoms with van der Waals surface area (Å²) in [6, 6.07) is 24.4. The molecule has 0 aliphatic heterocycles. The van der Waals surface area contributed by atoms with Gasteiger partial charge in [0.1, 0.15) is 11.5 Å². The first kappa shape index (κ1) is 21.4. The van der Waals surface area contributed by atoms with Crippen LogP contribution in [-0.4, -0.2) is 10.2 Å². The summed E-state index contributed by atoms with van der Waals surface area (Å²) >= 11 is 0. The Balaban J connectivity index is 0.000000336. The van der Waals surface area contributed by atoms with Gasteiger partial charge in [0.05, 0.1) is 0 Å². The number of hydrogen-bond donors (Lipinski definition) is 3. The minimum atomic E-state index is -0.101. The van der Waals surface area contributed by atoms with Crippen LogP contribution in [-0.2, 0) is 5.41 Å². The van der Waals surface area contributed by atoms with E-state index in [1.807, 2.05) is 54.6 Å². The summed E-state index contributed by atoms with van der Waals surface area (Å²) in [5.41, 5.74) is 8.47. The maximum Gasteiger partial charge on any atom is 0.115 e. The smallest absolute Gasteiger partial charge is 0.115 e. The Morgan fingerprint density at radius 2 is 1.18 bits per heavy atom. The SMILES string of the molecule is CCCCCC(C)(c1ccc(O)cc1)c1ccc(O)cc1.Nc1ccccc1. The first-order chi connectivity index (χ1) is 13.5. The summed E-state index contributed by atoms with van der Waals surface area (Å²) < 4.78 is 0. The van der Waals surface area contributed by atoms with Crippen molar-refractivity contribution >= 4 is 5.69 Å². The lowest BCUT2D eigenvalue weighted by Gasteiger charge is -2.31. The molecule has 0 saturated carbocycles. The van der Waals surface area contributed by atoms with Crippen LogP contribution in [0.2, 0.25) is 0 Å². The highest BCUT2D eigenvalue weighted by Crippen LogP contribution is 2.38. The van der Waals surface area contributed by atoms with E-state index >= 15 is 0 Å². The third-order valence-corrected chi connectivity index (χ3v) is 5.09. The molecule has 4 N–H and O–H groups in total. The van der Waals surface area contributed by atoms with Crippen LogP contribution in [0, 0.1) is 0 Å². The van der Waals surface area contributed by atoms with Gasteiger partial charge in [0.15, 0.2) is 0 Å². The second-order valence-electron chi connectivity index (χ2n) is 7.29. The highest BCUT2D eigenvalue weighted by molar-refractivity contribution is 5.42. The largest absolute Gasteiger partial charge is 0.508 e. The predicted octanol–water partition coefficient (Wildman–Crippen LogP) is 6.25. The van der Waals surface area contributed by atoms with E-state index in [2.05, 4.69) is 13.8 Å². The Labute approximate surface area is 168 Å². The Hall–Kier alpha value is -2.94. The van der Waals surface area contributed by atoms with Crippen LogP contribution in [0.1, 0.15) is 50.7 Å². The summed E-state index contributed by atoms with van der Waals surface area (Å²) in [5.74, 6) is 0.584. The van der Waals surface area contributed by atoms with Crippen molar-refractivity contribution in [3.63, 3.8) is 0 Å². The number of unbranched alkanes of at least 4 members (excludes halogenated alkanes) is 2. The fourth-order valence-corrected chi connectivity index (χ4v) is 3.30. The van der Waals surface area contributed by atoms with E-state index in [1.54, 1.807) is 24.3 Å². The average Bonchev–Trinajstić information content (AvgIpc) is 2.70. The Morgan fingerprint density at radius 3 is 1.54 bits per heavy atom. The zero-order chi connectivity index (χ0) is 20.4. The average molecular weight is 378 g/mol. The molecule has 0 aromatic heterocycles. The number of hydrogen-bond acceptors (Lipinski definition) is 3. The third-order valence-electron chi connectivity index (χ3n) is 5.09. The van der Waals surface area contributed by atoms with Crippen molar-refractivity contribution in [3.8, 4) is 11.5 Å². The van der Waals surface area contributed by atoms with Crippen molar-refractivity contribution in [3.05, 3.63) is 90.0 Å². The van der Waals surface area contributed by atoms with E-state index in [0.717, 1.165) is 18.5 Å². The molecule has 3 aromatic carbocycles. The number of phenolic OH excluding ortho intramolecular Hbond substituents is 2. The number of nitrogen functional groups attached to an aromatic ring is 1. The Kier molecular flexibility index (Phi) is 7.94. The second-order valence-corrected chi connectivity index (χ2v) is 7.29. The van der Waals surface area contributed by atoms with Gasteiger partial charge in [0.2, 0.25) is 0 Å². The third kappa shape index (κ3) is 6.05. The van der Waals surface area contributed by atoms with Crippen LogP contribution < -0.4 is 5.73 Å². The van der Waals surface area contributed by atoms with Crippen LogP contribution in [0.3, 0.4) is 0 Å². The van der Waals surface area contributed by atoms with Crippen LogP contribution in [0.15, 0.2) is 78.9 Å². The molecule has 3 aromatic rings. The van der Waals surface area contributed by atoms with Gasteiger partial charge in [-0.05, 0) is 53.9 Å². The minimum Gasteiger partial charge on any atom is -0.508 e. The first-order valence-electron chi connectivity index (χ1n) is 9.85. The van der Waals surface area contributed by atoms with Crippen LogP contribution in [0.5, 0.6) is 11.5 Å². The molecule has 0 radical (unpaired) electrons. The van der Waals surface area contributed by atoms with Gasteiger partial charge in [-0.3, -0.25) is 0 Å². The van der Waals surface area contributed by atoms with Gasteiger partial charge in [-0.25, -0.2) is 0 Å². The van der Waals surface area contributed by atoms with Crippen LogP contribution in [0.25, 0.3) is 0 Å². The van der Waals surface area contributed by atoms with Crippen molar-refractivity contribution in [2.45, 2.75) is 44.9 Å². The zero-order valence-corrected chi connectivity index (χ0v) is 16.8. The molecule has 0 atom stereocenters. The summed E-state index contributed by atoms with van der Waals surface area (Å²) in [7, 11) is 0. The lowest BCUT2D eigenvalue weighted by molar-refractivity contribution is 0.464. The van der Waals surface area contributed by atoms with Crippen LogP contribution in [0.4, 0.5) is 5.69 Å². The van der Waals surface area contributed by atoms with E-state index in [4.69, 9.17) is 5.73 Å². The maximum atomic E-state index is 9.51. The van der Waals surface area contributed by atoms with E-state index in [1.165, 1.54) is 24.0 Å². The molecule has 0 aliphatic carbocycles. The lowest BCUT2D eigenvalue weighted by atomic mass is 9.72. The molecule has 28 heavy (non-hydrogen) atoms. The standard InChI is InChI=1S/C19H24O2.C6H7N/c1-3-4-5-14-19(2,15-6-10-17(20)11-7-15)16-8-12-18(21)13-9-16;7-6-4-2-1-3-5-6/h6-13,20-21H,3-5,14H2,1-2H3;1-5H,7H2. The number of aromatic hydroxyl groups is 2. The molecule has 0 spiro atoms. The lowest BCUT2D eigenvalue weighted by Crippen LogP contribution is -2.23. The molecule has 0 amide bonds. The summed E-state index contributed by atoms with van der Waals surface area (Å²) in [4.78, 5) is 0. The van der Waals surface area contributed by atoms with Gasteiger partial charge in [-0.2, -0.15) is 0 Å². The highest BCUT2D eigenvalue weighted by Gasteiger charge is 2.28. The van der Waals surface area contributed by atoms with Gasteiger partial charge >= 0.3 is 0 Å². The van der Waals surface area contributed by atoms with Crippen LogP contribution >= 0.6 is 0 Å². The maximum absolute atomic E-state index is 9.51. The number of anilines is 1. The fourth-order valence-electron chi connectivity index (χ4n) is 3.30. The van der Waals surface area contributed by atoms with Crippen molar-refractivity contribution in [2.75, 3.05) is 5.73 Å². The molecule has 3 rings (SSSR count). The molecular weight excluding hydrogens is 346 g/mol. The van der Waals surface area contributed by atoms with Gasteiger partial charge in [0.25, 0.3) is 0 Å². The fraction of sp³-hybridized carbons (Fsp3) is 0.280. The van der Waals surface area contributed by atoms with E-state index < -0.39 is 0 Å². The summed E-state index contributed by atoms with van der Waals surface area (Å²) in [6.45, 7) is 4.44. The number of benzene rings is 3. The van der Waals surface area contributed by atoms with Gasteiger partial charge in [-0.1, -0.05) is 75.6 Å². The molecule has 0 aliphatic rings. The van der Waals surface area contributed by atoms with E-state index in [0.29, 0.717) is 11.5 Å². The molecule has 0 saturated heterocycles. The molecule has 3 nitrogen and oxygen atoms in total. The van der Waals surface area contributed by atoms with Crippen molar-refractivity contribution in [1.82, 2.24) is 0 Å². The Bertz CT molecular complexity index is 766. The monoisotopic (exact) mass is 377 g/mol. The quantitative estimate of drug-likeness (QED) is 0.351. The molecule has 0 bridgehead atoms. The molecule has 0 unspecified atom stereocenters. The molecule has 0 heterocycles. The summed E-state index contributed by atoms with van der Waals surface area (Å²) in [5, 5.41) is 19.0. The topological polar surface area (TPSA) is 66.5 Å². The van der Waals surface area contributed by atoms with Crippen molar-refractivity contribution in [2.24, 2.45) is 0 Å². The van der Waals surface area contributed by atoms with Gasteiger partial charge in [0, 0.05) is 11.1 Å². The normalized spacial score (nSPS) is 10.8. The molecule has 3 heteroatoms. The van der Waals surface area contributed by atoms with Gasteiger partial charge in [-0.15, -0.1) is 0 Å². The van der Waals surface area contributed by atoms with Crippen molar-refractivity contribution < 1.29 is 10.2 Å². The number of rotatable bonds is 6. The molecule has 148 valence electrons. The minimum absolute atomic E-state index is 0.101. The van der Waals surface area contributed by atoms with Gasteiger partial charge < -0.3 is 15.9 Å².